The maximum atomic E-state index is 12.6. The molecule has 0 aliphatic carbocycles. The number of nitrogens with zero attached hydrogens (tertiary/aromatic N) is 1. The molecular weight excluding hydrogens is 380 g/mol. The van der Waals surface area contributed by atoms with Crippen LogP contribution in [-0.2, 0) is 0 Å². The minimum atomic E-state index is -0.0873. The third-order valence-corrected chi connectivity index (χ3v) is 8.17. The molecule has 0 atom stereocenters. The number of aryl methyl sites for hydroxylation is 1. The number of carbonyl (C=O) groups is 1. The Labute approximate surface area is 165 Å². The van der Waals surface area contributed by atoms with E-state index in [0.29, 0.717) is 10.1 Å². The number of hydrogen-bond acceptors (Lipinski definition) is 5. The molecule has 0 radical (unpaired) electrons. The molecule has 1 aromatic heterocycles. The van der Waals surface area contributed by atoms with E-state index in [4.69, 9.17) is 0 Å². The summed E-state index contributed by atoms with van der Waals surface area (Å²) in [6.07, 6.45) is 0. The van der Waals surface area contributed by atoms with Crippen LogP contribution in [0.15, 0.2) is 53.9 Å². The zero-order valence-corrected chi connectivity index (χ0v) is 16.7. The van der Waals surface area contributed by atoms with E-state index in [-0.39, 0.29) is 5.91 Å². The quantitative estimate of drug-likeness (QED) is 0.599. The van der Waals surface area contributed by atoms with Gasteiger partial charge < -0.3 is 5.32 Å². The molecule has 1 amide bonds. The number of rotatable bonds is 4. The lowest BCUT2D eigenvalue weighted by molar-refractivity contribution is 0.102. The Morgan fingerprint density at radius 3 is 2.58 bits per heavy atom. The summed E-state index contributed by atoms with van der Waals surface area (Å²) in [7, 11) is 0. The van der Waals surface area contributed by atoms with Crippen LogP contribution in [0.1, 0.15) is 26.2 Å². The molecule has 6 heteroatoms. The van der Waals surface area contributed by atoms with E-state index in [2.05, 4.69) is 22.4 Å². The third-order valence-electron chi connectivity index (χ3n) is 4.05. The Kier molecular flexibility index (Phi) is 5.33. The Bertz CT molecular complexity index is 915. The fraction of sp³-hybridized carbons (Fsp3) is 0.200. The summed E-state index contributed by atoms with van der Waals surface area (Å²) in [5.74, 6) is 2.30. The monoisotopic (exact) mass is 398 g/mol. The maximum absolute atomic E-state index is 12.6. The highest BCUT2D eigenvalue weighted by Gasteiger charge is 2.18. The van der Waals surface area contributed by atoms with Crippen LogP contribution in [0.2, 0.25) is 0 Å². The van der Waals surface area contributed by atoms with E-state index in [1.165, 1.54) is 17.1 Å². The standard InChI is InChI=1S/C20H18N2OS3/c1-13-12-26-19(21-13)15-7-5-14(6-8-15)18(23)22-17-4-2-3-16(11-17)20-24-9-10-25-20/h2-8,11-12,20H,9-10H2,1H3,(H,22,23). The van der Waals surface area contributed by atoms with Gasteiger partial charge in [0.2, 0.25) is 0 Å². The summed E-state index contributed by atoms with van der Waals surface area (Å²) in [6.45, 7) is 1.98. The Morgan fingerprint density at radius 2 is 1.88 bits per heavy atom. The number of thioether (sulfide) groups is 2. The zero-order valence-electron chi connectivity index (χ0n) is 14.3. The van der Waals surface area contributed by atoms with Gasteiger partial charge in [-0.2, -0.15) is 0 Å². The van der Waals surface area contributed by atoms with Gasteiger partial charge in [0.15, 0.2) is 0 Å². The molecule has 1 fully saturated rings. The smallest absolute Gasteiger partial charge is 0.255 e. The highest BCUT2D eigenvalue weighted by Crippen LogP contribution is 2.45. The maximum Gasteiger partial charge on any atom is 0.255 e. The van der Waals surface area contributed by atoms with Crippen LogP contribution in [0.4, 0.5) is 5.69 Å². The molecule has 0 spiro atoms. The normalized spacial score (nSPS) is 14.5. The highest BCUT2D eigenvalue weighted by molar-refractivity contribution is 8.19. The molecule has 4 rings (SSSR count). The number of anilines is 1. The van der Waals surface area contributed by atoms with Gasteiger partial charge >= 0.3 is 0 Å². The fourth-order valence-corrected chi connectivity index (χ4v) is 6.41. The van der Waals surface area contributed by atoms with Crippen molar-refractivity contribution in [2.45, 2.75) is 11.5 Å². The number of carbonyl (C=O) groups excluding carboxylic acids is 1. The van der Waals surface area contributed by atoms with Crippen molar-refractivity contribution in [1.82, 2.24) is 4.98 Å². The molecule has 26 heavy (non-hydrogen) atoms. The molecule has 1 N–H and O–H groups in total. The number of benzene rings is 2. The van der Waals surface area contributed by atoms with Gasteiger partial charge in [0.05, 0.1) is 4.58 Å². The van der Waals surface area contributed by atoms with Crippen molar-refractivity contribution in [3.63, 3.8) is 0 Å². The molecule has 2 aromatic carbocycles. The number of aromatic nitrogens is 1. The molecule has 0 unspecified atom stereocenters. The van der Waals surface area contributed by atoms with Crippen molar-refractivity contribution in [2.75, 3.05) is 16.8 Å². The van der Waals surface area contributed by atoms with E-state index in [1.54, 1.807) is 11.3 Å². The van der Waals surface area contributed by atoms with Gasteiger partial charge in [-0.15, -0.1) is 34.9 Å². The number of amides is 1. The second-order valence-electron chi connectivity index (χ2n) is 6.02. The van der Waals surface area contributed by atoms with Crippen LogP contribution >= 0.6 is 34.9 Å². The predicted octanol–water partition coefficient (Wildman–Crippen LogP) is 5.85. The molecule has 1 aliphatic rings. The SMILES string of the molecule is Cc1csc(-c2ccc(C(=O)Nc3cccc(C4SCCS4)c3)cc2)n1. The first-order valence-electron chi connectivity index (χ1n) is 8.36. The van der Waals surface area contributed by atoms with Crippen molar-refractivity contribution in [1.29, 1.82) is 0 Å². The molecule has 0 bridgehead atoms. The van der Waals surface area contributed by atoms with Crippen LogP contribution in [0, 0.1) is 6.92 Å². The number of nitrogens with one attached hydrogen (secondary N) is 1. The minimum absolute atomic E-state index is 0.0873. The Morgan fingerprint density at radius 1 is 1.12 bits per heavy atom. The summed E-state index contributed by atoms with van der Waals surface area (Å²) < 4.78 is 0.480. The van der Waals surface area contributed by atoms with Gasteiger partial charge in [-0.25, -0.2) is 4.98 Å². The Hall–Kier alpha value is -1.76. The van der Waals surface area contributed by atoms with Gasteiger partial charge in [0, 0.05) is 39.4 Å². The van der Waals surface area contributed by atoms with Crippen LogP contribution in [-0.4, -0.2) is 22.4 Å². The van der Waals surface area contributed by atoms with E-state index in [9.17, 15) is 4.79 Å². The third kappa shape index (κ3) is 3.98. The van der Waals surface area contributed by atoms with Gasteiger partial charge in [-0.1, -0.05) is 24.3 Å². The van der Waals surface area contributed by atoms with Crippen LogP contribution in [0.25, 0.3) is 10.6 Å². The van der Waals surface area contributed by atoms with Crippen molar-refractivity contribution in [2.24, 2.45) is 0 Å². The number of thiazole rings is 1. The number of hydrogen-bond donors (Lipinski definition) is 1. The molecule has 1 saturated heterocycles. The molecule has 3 aromatic rings. The molecular formula is C20H18N2OS3. The first-order chi connectivity index (χ1) is 12.7. The summed E-state index contributed by atoms with van der Waals surface area (Å²) in [5, 5.41) is 6.03. The van der Waals surface area contributed by atoms with Crippen molar-refractivity contribution < 1.29 is 4.79 Å². The van der Waals surface area contributed by atoms with Crippen LogP contribution in [0.3, 0.4) is 0 Å². The van der Waals surface area contributed by atoms with Gasteiger partial charge in [0.1, 0.15) is 5.01 Å². The van der Waals surface area contributed by atoms with Crippen LogP contribution in [0.5, 0.6) is 0 Å². The molecule has 0 saturated carbocycles. The van der Waals surface area contributed by atoms with E-state index in [1.807, 2.05) is 72.2 Å². The predicted molar refractivity (Wildman–Crippen MR) is 114 cm³/mol. The van der Waals surface area contributed by atoms with Crippen molar-refractivity contribution in [3.8, 4) is 10.6 Å². The summed E-state index contributed by atoms with van der Waals surface area (Å²) in [4.78, 5) is 17.0. The molecule has 1 aliphatic heterocycles. The second-order valence-corrected chi connectivity index (χ2v) is 9.61. The van der Waals surface area contributed by atoms with E-state index < -0.39 is 0 Å². The van der Waals surface area contributed by atoms with Gasteiger partial charge in [0.25, 0.3) is 5.91 Å². The molecule has 132 valence electrons. The second kappa shape index (κ2) is 7.86. The molecule has 3 nitrogen and oxygen atoms in total. The fourth-order valence-electron chi connectivity index (χ4n) is 2.77. The summed E-state index contributed by atoms with van der Waals surface area (Å²) in [5.41, 5.74) is 4.82. The molecule has 2 heterocycles. The van der Waals surface area contributed by atoms with Crippen LogP contribution < -0.4 is 5.32 Å². The Balaban J connectivity index is 1.47. The van der Waals surface area contributed by atoms with E-state index >= 15 is 0 Å². The van der Waals surface area contributed by atoms with Gasteiger partial charge in [-0.05, 0) is 36.8 Å². The van der Waals surface area contributed by atoms with Gasteiger partial charge in [-0.3, -0.25) is 4.79 Å². The lowest BCUT2D eigenvalue weighted by atomic mass is 10.1. The van der Waals surface area contributed by atoms with Crippen molar-refractivity contribution in [3.05, 3.63) is 70.7 Å². The largest absolute Gasteiger partial charge is 0.322 e. The summed E-state index contributed by atoms with van der Waals surface area (Å²) >= 11 is 5.55. The lowest BCUT2D eigenvalue weighted by Gasteiger charge is -2.11. The zero-order chi connectivity index (χ0) is 17.9. The topological polar surface area (TPSA) is 42.0 Å². The average molecular weight is 399 g/mol. The van der Waals surface area contributed by atoms with Crippen molar-refractivity contribution >= 4 is 46.5 Å². The van der Waals surface area contributed by atoms with E-state index in [0.717, 1.165) is 22.0 Å². The first kappa shape index (κ1) is 17.6. The minimum Gasteiger partial charge on any atom is -0.322 e. The first-order valence-corrected chi connectivity index (χ1v) is 11.3. The highest BCUT2D eigenvalue weighted by atomic mass is 32.2. The summed E-state index contributed by atoms with van der Waals surface area (Å²) in [6, 6.07) is 15.8. The lowest BCUT2D eigenvalue weighted by Crippen LogP contribution is -2.11. The average Bonchev–Trinajstić information content (AvgIpc) is 3.34.